The molecular weight excluding hydrogens is 297 g/mol. The molecule has 0 unspecified atom stereocenters. The monoisotopic (exact) mass is 311 g/mol. The van der Waals surface area contributed by atoms with E-state index in [2.05, 4.69) is 4.72 Å². The fraction of sp³-hybridized carbons (Fsp3) is 0.455. The summed E-state index contributed by atoms with van der Waals surface area (Å²) in [7, 11) is -2.28. The maximum absolute atomic E-state index is 12.1. The lowest BCUT2D eigenvalue weighted by Gasteiger charge is -2.12. The van der Waals surface area contributed by atoms with E-state index in [4.69, 9.17) is 27.9 Å². The molecule has 0 aliphatic heterocycles. The first-order chi connectivity index (χ1) is 8.44. The summed E-state index contributed by atoms with van der Waals surface area (Å²) < 4.78 is 31.6. The zero-order chi connectivity index (χ0) is 13.8. The summed E-state index contributed by atoms with van der Waals surface area (Å²) in [5.41, 5.74) is 0. The Hall–Kier alpha value is -0.490. The first-order valence-corrected chi connectivity index (χ1v) is 7.69. The first-order valence-electron chi connectivity index (χ1n) is 5.45. The highest BCUT2D eigenvalue weighted by molar-refractivity contribution is 7.89. The third-order valence-electron chi connectivity index (χ3n) is 2.33. The molecule has 1 rings (SSSR count). The molecule has 18 heavy (non-hydrogen) atoms. The maximum atomic E-state index is 12.1. The summed E-state index contributed by atoms with van der Waals surface area (Å²) in [5, 5.41) is 0.346. The summed E-state index contributed by atoms with van der Waals surface area (Å²) in [6, 6.07) is 2.81. The Bertz CT molecular complexity index is 517. The van der Waals surface area contributed by atoms with E-state index in [1.54, 1.807) is 0 Å². The van der Waals surface area contributed by atoms with Gasteiger partial charge in [0.25, 0.3) is 0 Å². The lowest BCUT2D eigenvalue weighted by Crippen LogP contribution is -2.25. The van der Waals surface area contributed by atoms with Crippen molar-refractivity contribution in [3.63, 3.8) is 0 Å². The molecule has 0 fully saturated rings. The predicted molar refractivity (Wildman–Crippen MR) is 73.1 cm³/mol. The van der Waals surface area contributed by atoms with Crippen molar-refractivity contribution in [2.24, 2.45) is 0 Å². The summed E-state index contributed by atoms with van der Waals surface area (Å²) in [5.74, 6) is 0.0631. The van der Waals surface area contributed by atoms with Crippen molar-refractivity contribution in [2.75, 3.05) is 13.7 Å². The second kappa shape index (κ2) is 6.61. The number of benzene rings is 1. The quantitative estimate of drug-likeness (QED) is 0.821. The zero-order valence-electron chi connectivity index (χ0n) is 10.2. The van der Waals surface area contributed by atoms with Crippen LogP contribution in [0.1, 0.15) is 19.8 Å². The van der Waals surface area contributed by atoms with Crippen LogP contribution in [0.25, 0.3) is 0 Å². The number of nitrogens with one attached hydrogen (secondary N) is 1. The van der Waals surface area contributed by atoms with Crippen LogP contribution in [0.5, 0.6) is 5.75 Å². The zero-order valence-corrected chi connectivity index (χ0v) is 12.5. The molecule has 0 atom stereocenters. The number of halogens is 2. The highest BCUT2D eigenvalue weighted by Gasteiger charge is 2.22. The predicted octanol–water partition coefficient (Wildman–Crippen LogP) is 3.08. The van der Waals surface area contributed by atoms with Crippen molar-refractivity contribution in [2.45, 2.75) is 24.7 Å². The van der Waals surface area contributed by atoms with Gasteiger partial charge >= 0.3 is 0 Å². The molecule has 1 aromatic rings. The SMILES string of the molecule is CCCCNS(=O)(=O)c1ccc(Cl)c(Cl)c1OC. The van der Waals surface area contributed by atoms with Gasteiger partial charge < -0.3 is 4.74 Å². The summed E-state index contributed by atoms with van der Waals surface area (Å²) in [6.07, 6.45) is 1.67. The van der Waals surface area contributed by atoms with E-state index in [0.29, 0.717) is 6.54 Å². The molecule has 0 aromatic heterocycles. The van der Waals surface area contributed by atoms with Gasteiger partial charge in [0.2, 0.25) is 10.0 Å². The van der Waals surface area contributed by atoms with E-state index in [-0.39, 0.29) is 20.7 Å². The molecule has 0 spiro atoms. The van der Waals surface area contributed by atoms with E-state index in [1.807, 2.05) is 6.92 Å². The Morgan fingerprint density at radius 1 is 1.33 bits per heavy atom. The Morgan fingerprint density at radius 3 is 2.56 bits per heavy atom. The molecule has 0 heterocycles. The van der Waals surface area contributed by atoms with Gasteiger partial charge in [-0.25, -0.2) is 13.1 Å². The average Bonchev–Trinajstić information content (AvgIpc) is 2.32. The van der Waals surface area contributed by atoms with Gasteiger partial charge in [0.15, 0.2) is 5.75 Å². The molecule has 4 nitrogen and oxygen atoms in total. The molecule has 0 aliphatic rings. The third kappa shape index (κ3) is 3.51. The van der Waals surface area contributed by atoms with Gasteiger partial charge in [-0.15, -0.1) is 0 Å². The number of hydrogen-bond donors (Lipinski definition) is 1. The van der Waals surface area contributed by atoms with Gasteiger partial charge in [-0.2, -0.15) is 0 Å². The number of ether oxygens (including phenoxy) is 1. The lowest BCUT2D eigenvalue weighted by molar-refractivity contribution is 0.402. The van der Waals surface area contributed by atoms with Crippen molar-refractivity contribution in [1.82, 2.24) is 4.72 Å². The highest BCUT2D eigenvalue weighted by atomic mass is 35.5. The molecule has 102 valence electrons. The lowest BCUT2D eigenvalue weighted by atomic mass is 10.3. The van der Waals surface area contributed by atoms with Crippen LogP contribution < -0.4 is 9.46 Å². The standard InChI is InChI=1S/C11H15Cl2NO3S/c1-3-4-7-14-18(15,16)9-6-5-8(12)10(13)11(9)17-2/h5-6,14H,3-4,7H2,1-2H3. The van der Waals surface area contributed by atoms with Gasteiger partial charge in [-0.1, -0.05) is 36.5 Å². The van der Waals surface area contributed by atoms with Crippen LogP contribution in [0.4, 0.5) is 0 Å². The normalized spacial score (nSPS) is 11.6. The van der Waals surface area contributed by atoms with Crippen molar-refractivity contribution in [3.05, 3.63) is 22.2 Å². The summed E-state index contributed by atoms with van der Waals surface area (Å²) in [4.78, 5) is -0.00416. The fourth-order valence-electron chi connectivity index (χ4n) is 1.38. The van der Waals surface area contributed by atoms with Crippen LogP contribution in [0.3, 0.4) is 0 Å². The van der Waals surface area contributed by atoms with Crippen LogP contribution in [0.15, 0.2) is 17.0 Å². The van der Waals surface area contributed by atoms with Crippen LogP contribution >= 0.6 is 23.2 Å². The Labute approximate surface area is 117 Å². The third-order valence-corrected chi connectivity index (χ3v) is 4.60. The molecule has 0 radical (unpaired) electrons. The summed E-state index contributed by atoms with van der Waals surface area (Å²) in [6.45, 7) is 2.36. The van der Waals surface area contributed by atoms with Gasteiger partial charge in [0, 0.05) is 6.54 Å². The highest BCUT2D eigenvalue weighted by Crippen LogP contribution is 2.37. The smallest absolute Gasteiger partial charge is 0.244 e. The molecule has 1 aromatic carbocycles. The van der Waals surface area contributed by atoms with Crippen LogP contribution in [-0.2, 0) is 10.0 Å². The second-order valence-electron chi connectivity index (χ2n) is 3.64. The van der Waals surface area contributed by atoms with Gasteiger partial charge in [-0.3, -0.25) is 0 Å². The minimum absolute atomic E-state index is 0.00416. The number of rotatable bonds is 6. The Morgan fingerprint density at radius 2 is 2.00 bits per heavy atom. The van der Waals surface area contributed by atoms with E-state index >= 15 is 0 Å². The van der Waals surface area contributed by atoms with E-state index in [9.17, 15) is 8.42 Å². The minimum Gasteiger partial charge on any atom is -0.494 e. The first kappa shape index (κ1) is 15.6. The number of unbranched alkanes of at least 4 members (excludes halogenated alkanes) is 1. The molecule has 0 saturated heterocycles. The fourth-order valence-corrected chi connectivity index (χ4v) is 3.07. The average molecular weight is 312 g/mol. The van der Waals surface area contributed by atoms with Crippen molar-refractivity contribution >= 4 is 33.2 Å². The van der Waals surface area contributed by atoms with Crippen LogP contribution in [0.2, 0.25) is 10.0 Å². The van der Waals surface area contributed by atoms with E-state index < -0.39 is 10.0 Å². The molecule has 0 aliphatic carbocycles. The molecule has 0 amide bonds. The maximum Gasteiger partial charge on any atom is 0.244 e. The van der Waals surface area contributed by atoms with Crippen molar-refractivity contribution in [1.29, 1.82) is 0 Å². The van der Waals surface area contributed by atoms with Gasteiger partial charge in [0.1, 0.15) is 9.92 Å². The van der Waals surface area contributed by atoms with Crippen LogP contribution in [0, 0.1) is 0 Å². The van der Waals surface area contributed by atoms with E-state index in [0.717, 1.165) is 12.8 Å². The van der Waals surface area contributed by atoms with Gasteiger partial charge in [-0.05, 0) is 18.6 Å². The molecule has 0 saturated carbocycles. The number of methoxy groups -OCH3 is 1. The largest absolute Gasteiger partial charge is 0.494 e. The summed E-state index contributed by atoms with van der Waals surface area (Å²) >= 11 is 11.7. The molecule has 0 bridgehead atoms. The van der Waals surface area contributed by atoms with E-state index in [1.165, 1.54) is 19.2 Å². The topological polar surface area (TPSA) is 55.4 Å². The molecular formula is C11H15Cl2NO3S. The Kier molecular flexibility index (Phi) is 5.72. The second-order valence-corrected chi connectivity index (χ2v) is 6.16. The molecule has 1 N–H and O–H groups in total. The number of sulfonamides is 1. The number of hydrogen-bond acceptors (Lipinski definition) is 3. The minimum atomic E-state index is -3.63. The Balaban J connectivity index is 3.12. The van der Waals surface area contributed by atoms with Gasteiger partial charge in [0.05, 0.1) is 12.1 Å². The van der Waals surface area contributed by atoms with Crippen molar-refractivity contribution in [3.8, 4) is 5.75 Å². The van der Waals surface area contributed by atoms with Crippen LogP contribution in [-0.4, -0.2) is 22.1 Å². The molecule has 7 heteroatoms. The van der Waals surface area contributed by atoms with Crippen molar-refractivity contribution < 1.29 is 13.2 Å².